The monoisotopic (exact) mass is 359 g/mol. The zero-order chi connectivity index (χ0) is 17.1. The van der Waals surface area contributed by atoms with Crippen LogP contribution in [-0.2, 0) is 4.79 Å². The van der Waals surface area contributed by atoms with E-state index < -0.39 is 4.92 Å². The fourth-order valence-corrected chi connectivity index (χ4v) is 3.07. The maximum absolute atomic E-state index is 12.0. The Labute approximate surface area is 145 Å². The third-order valence-corrected chi connectivity index (χ3v) is 4.39. The first-order chi connectivity index (χ1) is 11.5. The molecule has 0 aliphatic heterocycles. The number of hydrogen-bond acceptors (Lipinski definition) is 5. The van der Waals surface area contributed by atoms with Crippen molar-refractivity contribution < 1.29 is 9.72 Å². The Hall–Kier alpha value is -2.77. The lowest BCUT2D eigenvalue weighted by Crippen LogP contribution is -2.07. The summed E-state index contributed by atoms with van der Waals surface area (Å²) in [5.74, 6) is -0.369. The second-order valence-corrected chi connectivity index (χ2v) is 6.22. The number of hydrogen-bond donors (Lipinski definition) is 1. The van der Waals surface area contributed by atoms with Crippen molar-refractivity contribution in [2.45, 2.75) is 0 Å². The topological polar surface area (TPSA) is 85.1 Å². The lowest BCUT2D eigenvalue weighted by atomic mass is 10.2. The molecule has 0 aliphatic rings. The predicted octanol–water partition coefficient (Wildman–Crippen LogP) is 4.51. The summed E-state index contributed by atoms with van der Waals surface area (Å²) in [6.07, 6.45) is 2.77. The molecule has 0 spiro atoms. The molecule has 1 N–H and O–H groups in total. The smallest absolute Gasteiger partial charge is 0.288 e. The van der Waals surface area contributed by atoms with Crippen LogP contribution in [0, 0.1) is 10.1 Å². The third-order valence-electron chi connectivity index (χ3n) is 3.12. The number of para-hydroxylation sites is 1. The van der Waals surface area contributed by atoms with Crippen molar-refractivity contribution in [3.05, 3.63) is 69.2 Å². The highest BCUT2D eigenvalue weighted by Crippen LogP contribution is 2.26. The van der Waals surface area contributed by atoms with E-state index in [2.05, 4.69) is 10.3 Å². The number of nitrogens with one attached hydrogen (secondary N) is 1. The second-order valence-electron chi connectivity index (χ2n) is 4.78. The molecule has 0 atom stereocenters. The maximum Gasteiger partial charge on any atom is 0.288 e. The number of fused-ring (bicyclic) bond motifs is 1. The highest BCUT2D eigenvalue weighted by molar-refractivity contribution is 7.22. The van der Waals surface area contributed by atoms with E-state index in [-0.39, 0.29) is 16.6 Å². The van der Waals surface area contributed by atoms with E-state index >= 15 is 0 Å². The highest BCUT2D eigenvalue weighted by Gasteiger charge is 2.12. The van der Waals surface area contributed by atoms with E-state index in [4.69, 9.17) is 11.6 Å². The molecule has 0 saturated heterocycles. The molecule has 2 aromatic carbocycles. The Morgan fingerprint density at radius 2 is 2.08 bits per heavy atom. The van der Waals surface area contributed by atoms with Crippen molar-refractivity contribution in [2.75, 3.05) is 5.32 Å². The van der Waals surface area contributed by atoms with Crippen LogP contribution in [0.1, 0.15) is 5.56 Å². The van der Waals surface area contributed by atoms with Crippen molar-refractivity contribution in [3.8, 4) is 0 Å². The molecule has 0 unspecified atom stereocenters. The number of nitro groups is 1. The van der Waals surface area contributed by atoms with Gasteiger partial charge in [0.25, 0.3) is 5.69 Å². The minimum atomic E-state index is -0.569. The zero-order valence-corrected chi connectivity index (χ0v) is 13.7. The van der Waals surface area contributed by atoms with Gasteiger partial charge in [0.2, 0.25) is 5.91 Å². The quantitative estimate of drug-likeness (QED) is 0.422. The molecule has 120 valence electrons. The van der Waals surface area contributed by atoms with Crippen molar-refractivity contribution in [2.24, 2.45) is 0 Å². The van der Waals surface area contributed by atoms with E-state index in [1.54, 1.807) is 6.07 Å². The van der Waals surface area contributed by atoms with Gasteiger partial charge in [-0.05, 0) is 29.8 Å². The van der Waals surface area contributed by atoms with Crippen LogP contribution < -0.4 is 5.32 Å². The van der Waals surface area contributed by atoms with Crippen LogP contribution in [0.15, 0.2) is 48.5 Å². The molecule has 0 fully saturated rings. The van der Waals surface area contributed by atoms with Crippen LogP contribution in [0.2, 0.25) is 5.02 Å². The first kappa shape index (κ1) is 16.1. The number of halogens is 1. The van der Waals surface area contributed by atoms with Gasteiger partial charge in [-0.3, -0.25) is 20.2 Å². The standard InChI is InChI=1S/C16H10ClN3O3S/c17-11-7-5-10(9-13(11)20(22)23)6-8-15(21)19-16-18-12-3-1-2-4-14(12)24-16/h1-9H,(H,18,19,21)/b8-6+. The lowest BCUT2D eigenvalue weighted by Gasteiger charge is -1.98. The minimum absolute atomic E-state index is 0.0519. The number of rotatable bonds is 4. The summed E-state index contributed by atoms with van der Waals surface area (Å²) < 4.78 is 0.977. The molecule has 1 aromatic heterocycles. The second kappa shape index (κ2) is 6.77. The first-order valence-corrected chi connectivity index (χ1v) is 8.01. The van der Waals surface area contributed by atoms with Gasteiger partial charge in [-0.2, -0.15) is 0 Å². The summed E-state index contributed by atoms with van der Waals surface area (Å²) in [7, 11) is 0. The number of thiazole rings is 1. The molecule has 24 heavy (non-hydrogen) atoms. The highest BCUT2D eigenvalue weighted by atomic mass is 35.5. The van der Waals surface area contributed by atoms with Crippen LogP contribution >= 0.6 is 22.9 Å². The predicted molar refractivity (Wildman–Crippen MR) is 95.4 cm³/mol. The molecule has 3 rings (SSSR count). The van der Waals surface area contributed by atoms with Gasteiger partial charge >= 0.3 is 0 Å². The number of benzene rings is 2. The van der Waals surface area contributed by atoms with Crippen LogP contribution in [0.25, 0.3) is 16.3 Å². The Kier molecular flexibility index (Phi) is 4.54. The Morgan fingerprint density at radius 3 is 2.83 bits per heavy atom. The van der Waals surface area contributed by atoms with Gasteiger partial charge in [-0.15, -0.1) is 0 Å². The summed E-state index contributed by atoms with van der Waals surface area (Å²) in [4.78, 5) is 26.5. The summed E-state index contributed by atoms with van der Waals surface area (Å²) in [5, 5.41) is 14.1. The van der Waals surface area contributed by atoms with Gasteiger partial charge in [0, 0.05) is 12.1 Å². The summed E-state index contributed by atoms with van der Waals surface area (Å²) in [6, 6.07) is 11.9. The number of aromatic nitrogens is 1. The van der Waals surface area contributed by atoms with E-state index in [0.717, 1.165) is 10.2 Å². The molecule has 6 nitrogen and oxygen atoms in total. The largest absolute Gasteiger partial charge is 0.298 e. The first-order valence-electron chi connectivity index (χ1n) is 6.81. The Bertz CT molecular complexity index is 935. The van der Waals surface area contributed by atoms with Gasteiger partial charge in [-0.1, -0.05) is 41.1 Å². The number of carbonyl (C=O) groups is 1. The van der Waals surface area contributed by atoms with Crippen molar-refractivity contribution in [3.63, 3.8) is 0 Å². The van der Waals surface area contributed by atoms with E-state index in [9.17, 15) is 14.9 Å². The van der Waals surface area contributed by atoms with Crippen molar-refractivity contribution in [1.82, 2.24) is 4.98 Å². The Morgan fingerprint density at radius 1 is 1.29 bits per heavy atom. The molecule has 0 radical (unpaired) electrons. The van der Waals surface area contributed by atoms with E-state index in [1.165, 1.54) is 35.6 Å². The summed E-state index contributed by atoms with van der Waals surface area (Å²) in [5.41, 5.74) is 1.12. The number of amides is 1. The Balaban J connectivity index is 1.73. The SMILES string of the molecule is O=C(/C=C/c1ccc(Cl)c([N+](=O)[O-])c1)Nc1nc2ccccc2s1. The van der Waals surface area contributed by atoms with E-state index in [0.29, 0.717) is 10.7 Å². The molecule has 3 aromatic rings. The average molecular weight is 360 g/mol. The summed E-state index contributed by atoms with van der Waals surface area (Å²) in [6.45, 7) is 0. The number of nitrogens with zero attached hydrogens (tertiary/aromatic N) is 2. The van der Waals surface area contributed by atoms with Crippen LogP contribution in [0.5, 0.6) is 0 Å². The fourth-order valence-electron chi connectivity index (χ4n) is 2.02. The van der Waals surface area contributed by atoms with E-state index in [1.807, 2.05) is 24.3 Å². The molecular formula is C16H10ClN3O3S. The molecule has 1 amide bonds. The van der Waals surface area contributed by atoms with Gasteiger partial charge in [0.05, 0.1) is 15.1 Å². The molecule has 0 bridgehead atoms. The van der Waals surface area contributed by atoms with Gasteiger partial charge in [0.15, 0.2) is 5.13 Å². The number of carbonyl (C=O) groups excluding carboxylic acids is 1. The van der Waals surface area contributed by atoms with Gasteiger partial charge < -0.3 is 0 Å². The average Bonchev–Trinajstić information content (AvgIpc) is 2.96. The van der Waals surface area contributed by atoms with Crippen molar-refractivity contribution in [1.29, 1.82) is 0 Å². The molecule has 8 heteroatoms. The zero-order valence-electron chi connectivity index (χ0n) is 12.1. The van der Waals surface area contributed by atoms with Crippen LogP contribution in [0.3, 0.4) is 0 Å². The number of nitro benzene ring substituents is 1. The molecule has 1 heterocycles. The lowest BCUT2D eigenvalue weighted by molar-refractivity contribution is -0.384. The van der Waals surface area contributed by atoms with Gasteiger partial charge in [-0.25, -0.2) is 4.98 Å². The minimum Gasteiger partial charge on any atom is -0.298 e. The fraction of sp³-hybridized carbons (Fsp3) is 0. The van der Waals surface area contributed by atoms with Crippen LogP contribution in [0.4, 0.5) is 10.8 Å². The summed E-state index contributed by atoms with van der Waals surface area (Å²) >= 11 is 7.12. The van der Waals surface area contributed by atoms with Gasteiger partial charge in [0.1, 0.15) is 5.02 Å². The molecule has 0 aliphatic carbocycles. The molecule has 0 saturated carbocycles. The number of anilines is 1. The normalized spacial score (nSPS) is 11.0. The van der Waals surface area contributed by atoms with Crippen molar-refractivity contribution >= 4 is 56.0 Å². The third kappa shape index (κ3) is 3.58. The molecular weight excluding hydrogens is 350 g/mol. The van der Waals surface area contributed by atoms with Crippen LogP contribution in [-0.4, -0.2) is 15.8 Å². The maximum atomic E-state index is 12.0.